The molecule has 0 fully saturated rings. The molecule has 0 aliphatic carbocycles. The van der Waals surface area contributed by atoms with Crippen molar-refractivity contribution in [3.05, 3.63) is 41.3 Å². The van der Waals surface area contributed by atoms with Crippen LogP contribution >= 0.6 is 0 Å². The SMILES string of the molecule is CC(C)(C)c1cnc(-c2cc(C#N)cc(C(F)(F)F)c2O)cn1. The number of phenolic OH excluding ortho intramolecular Hbond substituents is 1. The molecule has 2 aromatic rings. The summed E-state index contributed by atoms with van der Waals surface area (Å²) >= 11 is 0. The Morgan fingerprint density at radius 1 is 1.09 bits per heavy atom. The second-order valence-electron chi connectivity index (χ2n) is 6.07. The van der Waals surface area contributed by atoms with E-state index in [2.05, 4.69) is 9.97 Å². The number of hydrogen-bond donors (Lipinski definition) is 1. The second-order valence-corrected chi connectivity index (χ2v) is 6.07. The fourth-order valence-electron chi connectivity index (χ4n) is 1.96. The van der Waals surface area contributed by atoms with Crippen molar-refractivity contribution in [2.45, 2.75) is 32.4 Å². The van der Waals surface area contributed by atoms with Crippen molar-refractivity contribution >= 4 is 0 Å². The van der Waals surface area contributed by atoms with Gasteiger partial charge >= 0.3 is 6.18 Å². The molecule has 4 nitrogen and oxygen atoms in total. The molecule has 1 heterocycles. The molecular weight excluding hydrogens is 307 g/mol. The van der Waals surface area contributed by atoms with E-state index in [1.165, 1.54) is 12.4 Å². The molecule has 0 spiro atoms. The van der Waals surface area contributed by atoms with Gasteiger partial charge in [-0.3, -0.25) is 9.97 Å². The Morgan fingerprint density at radius 3 is 2.17 bits per heavy atom. The zero-order chi connectivity index (χ0) is 17.4. The van der Waals surface area contributed by atoms with Crippen LogP contribution in [0.25, 0.3) is 11.3 Å². The standard InChI is InChI=1S/C16H14F3N3O/c1-15(2,3)13-8-21-12(7-22-13)10-4-9(6-20)5-11(14(10)23)16(17,18)19/h4-5,7-8,23H,1-3H3. The van der Waals surface area contributed by atoms with Gasteiger partial charge in [-0.05, 0) is 12.1 Å². The lowest BCUT2D eigenvalue weighted by atomic mass is 9.92. The molecule has 120 valence electrons. The number of aromatic nitrogens is 2. The summed E-state index contributed by atoms with van der Waals surface area (Å²) in [6.45, 7) is 5.77. The normalized spacial score (nSPS) is 12.0. The maximum Gasteiger partial charge on any atom is 0.420 e. The van der Waals surface area contributed by atoms with Crippen molar-refractivity contribution in [1.82, 2.24) is 9.97 Å². The van der Waals surface area contributed by atoms with Crippen LogP contribution in [0, 0.1) is 11.3 Å². The Bertz CT molecular complexity index is 769. The summed E-state index contributed by atoms with van der Waals surface area (Å²) in [5.74, 6) is -0.964. The maximum absolute atomic E-state index is 13.0. The molecule has 1 aromatic heterocycles. The summed E-state index contributed by atoms with van der Waals surface area (Å²) in [6.07, 6.45) is -2.04. The number of alkyl halides is 3. The van der Waals surface area contributed by atoms with Crippen molar-refractivity contribution < 1.29 is 18.3 Å². The summed E-state index contributed by atoms with van der Waals surface area (Å²) < 4.78 is 38.9. The Labute approximate surface area is 131 Å². The van der Waals surface area contributed by atoms with Gasteiger partial charge in [-0.25, -0.2) is 0 Å². The van der Waals surface area contributed by atoms with Gasteiger partial charge in [-0.15, -0.1) is 0 Å². The van der Waals surface area contributed by atoms with E-state index in [0.717, 1.165) is 6.07 Å². The maximum atomic E-state index is 13.0. The van der Waals surface area contributed by atoms with Gasteiger partial charge in [0, 0.05) is 17.2 Å². The quantitative estimate of drug-likeness (QED) is 0.860. The Morgan fingerprint density at radius 2 is 1.74 bits per heavy atom. The summed E-state index contributed by atoms with van der Waals surface area (Å²) in [7, 11) is 0. The van der Waals surface area contributed by atoms with Crippen LogP contribution in [0.4, 0.5) is 13.2 Å². The van der Waals surface area contributed by atoms with Crippen molar-refractivity contribution in [3.8, 4) is 23.1 Å². The van der Waals surface area contributed by atoms with Gasteiger partial charge in [-0.2, -0.15) is 18.4 Å². The van der Waals surface area contributed by atoms with Gasteiger partial charge < -0.3 is 5.11 Å². The van der Waals surface area contributed by atoms with Crippen LogP contribution in [0.2, 0.25) is 0 Å². The monoisotopic (exact) mass is 321 g/mol. The van der Waals surface area contributed by atoms with E-state index in [0.29, 0.717) is 11.8 Å². The average Bonchev–Trinajstić information content (AvgIpc) is 2.45. The second kappa shape index (κ2) is 5.54. The highest BCUT2D eigenvalue weighted by atomic mass is 19.4. The third-order valence-corrected chi connectivity index (χ3v) is 3.24. The van der Waals surface area contributed by atoms with Gasteiger partial charge in [0.05, 0.1) is 34.8 Å². The number of hydrogen-bond acceptors (Lipinski definition) is 4. The molecule has 0 aliphatic heterocycles. The summed E-state index contributed by atoms with van der Waals surface area (Å²) in [6, 6.07) is 3.42. The minimum atomic E-state index is -4.77. The van der Waals surface area contributed by atoms with E-state index in [1.807, 2.05) is 20.8 Å². The molecule has 7 heteroatoms. The van der Waals surface area contributed by atoms with Gasteiger partial charge in [0.1, 0.15) is 5.75 Å². The average molecular weight is 321 g/mol. The van der Waals surface area contributed by atoms with Crippen molar-refractivity contribution in [3.63, 3.8) is 0 Å². The Kier molecular flexibility index (Phi) is 4.03. The van der Waals surface area contributed by atoms with E-state index in [-0.39, 0.29) is 22.2 Å². The molecule has 0 unspecified atom stereocenters. The third kappa shape index (κ3) is 3.42. The topological polar surface area (TPSA) is 69.8 Å². The summed E-state index contributed by atoms with van der Waals surface area (Å²) in [5.41, 5.74) is -1.20. The zero-order valence-electron chi connectivity index (χ0n) is 12.7. The van der Waals surface area contributed by atoms with E-state index in [4.69, 9.17) is 5.26 Å². The van der Waals surface area contributed by atoms with Crippen molar-refractivity contribution in [1.29, 1.82) is 5.26 Å². The largest absolute Gasteiger partial charge is 0.507 e. The predicted octanol–water partition coefficient (Wildman–Crippen LogP) is 4.04. The zero-order valence-corrected chi connectivity index (χ0v) is 12.7. The number of rotatable bonds is 1. The summed E-state index contributed by atoms with van der Waals surface area (Å²) in [5, 5.41) is 18.8. The molecule has 0 radical (unpaired) electrons. The molecule has 1 N–H and O–H groups in total. The van der Waals surface area contributed by atoms with Crippen LogP contribution in [0.5, 0.6) is 5.75 Å². The number of aromatic hydroxyl groups is 1. The van der Waals surface area contributed by atoms with Gasteiger partial charge in [0.15, 0.2) is 0 Å². The van der Waals surface area contributed by atoms with Crippen LogP contribution in [0.15, 0.2) is 24.5 Å². The summed E-state index contributed by atoms with van der Waals surface area (Å²) in [4.78, 5) is 8.25. The minimum Gasteiger partial charge on any atom is -0.507 e. The predicted molar refractivity (Wildman–Crippen MR) is 77.5 cm³/mol. The molecule has 1 aromatic carbocycles. The lowest BCUT2D eigenvalue weighted by Crippen LogP contribution is -2.13. The van der Waals surface area contributed by atoms with E-state index in [1.54, 1.807) is 6.07 Å². The highest BCUT2D eigenvalue weighted by molar-refractivity contribution is 5.70. The number of benzene rings is 1. The van der Waals surface area contributed by atoms with Crippen LogP contribution in [-0.2, 0) is 11.6 Å². The minimum absolute atomic E-state index is 0.0677. The highest BCUT2D eigenvalue weighted by Crippen LogP contribution is 2.41. The molecule has 0 bridgehead atoms. The first-order valence-electron chi connectivity index (χ1n) is 6.71. The van der Waals surface area contributed by atoms with Crippen LogP contribution < -0.4 is 0 Å². The first-order valence-corrected chi connectivity index (χ1v) is 6.71. The smallest absolute Gasteiger partial charge is 0.420 e. The first kappa shape index (κ1) is 16.7. The van der Waals surface area contributed by atoms with Crippen molar-refractivity contribution in [2.24, 2.45) is 0 Å². The Hall–Kier alpha value is -2.62. The molecular formula is C16H14F3N3O. The molecule has 23 heavy (non-hydrogen) atoms. The van der Waals surface area contributed by atoms with E-state index in [9.17, 15) is 18.3 Å². The number of nitriles is 1. The van der Waals surface area contributed by atoms with Crippen LogP contribution in [0.3, 0.4) is 0 Å². The number of phenols is 1. The third-order valence-electron chi connectivity index (χ3n) is 3.24. The van der Waals surface area contributed by atoms with E-state index < -0.39 is 17.5 Å². The number of nitrogens with zero attached hydrogens (tertiary/aromatic N) is 3. The van der Waals surface area contributed by atoms with Crippen molar-refractivity contribution in [2.75, 3.05) is 0 Å². The lowest BCUT2D eigenvalue weighted by molar-refractivity contribution is -0.138. The highest BCUT2D eigenvalue weighted by Gasteiger charge is 2.36. The number of halogens is 3. The fourth-order valence-corrected chi connectivity index (χ4v) is 1.96. The molecule has 0 aliphatic rings. The first-order chi connectivity index (χ1) is 10.5. The molecule has 0 amide bonds. The van der Waals surface area contributed by atoms with Gasteiger partial charge in [0.2, 0.25) is 0 Å². The molecule has 2 rings (SSSR count). The molecule has 0 saturated carbocycles. The lowest BCUT2D eigenvalue weighted by Gasteiger charge is -2.17. The Balaban J connectivity index is 2.62. The van der Waals surface area contributed by atoms with Crippen LogP contribution in [-0.4, -0.2) is 15.1 Å². The van der Waals surface area contributed by atoms with Gasteiger partial charge in [0.25, 0.3) is 0 Å². The molecule has 0 saturated heterocycles. The fraction of sp³-hybridized carbons (Fsp3) is 0.312. The van der Waals surface area contributed by atoms with Gasteiger partial charge in [-0.1, -0.05) is 20.8 Å². The van der Waals surface area contributed by atoms with Crippen LogP contribution in [0.1, 0.15) is 37.6 Å². The van der Waals surface area contributed by atoms with E-state index >= 15 is 0 Å². The molecule has 0 atom stereocenters.